The molecule has 0 fully saturated rings. The van der Waals surface area contributed by atoms with Crippen molar-refractivity contribution in [3.05, 3.63) is 23.8 Å². The maximum absolute atomic E-state index is 12.5. The average Bonchev–Trinajstić information content (AvgIpc) is 2.44. The minimum Gasteiger partial charge on any atom is -0.486 e. The van der Waals surface area contributed by atoms with Crippen molar-refractivity contribution in [2.24, 2.45) is 0 Å². The molecule has 1 heterocycles. The lowest BCUT2D eigenvalue weighted by Gasteiger charge is -2.32. The number of ether oxygens (including phenoxy) is 2. The number of nitrogens with zero attached hydrogens (tertiary/aromatic N) is 1. The van der Waals surface area contributed by atoms with Gasteiger partial charge in [-0.3, -0.25) is 4.79 Å². The molecule has 0 spiro atoms. The van der Waals surface area contributed by atoms with Crippen molar-refractivity contribution in [2.45, 2.75) is 19.4 Å². The van der Waals surface area contributed by atoms with E-state index in [0.717, 1.165) is 0 Å². The van der Waals surface area contributed by atoms with Crippen molar-refractivity contribution < 1.29 is 24.2 Å². The van der Waals surface area contributed by atoms with E-state index in [4.69, 9.17) is 9.47 Å². The normalized spacial score (nSPS) is 13.8. The highest BCUT2D eigenvalue weighted by molar-refractivity contribution is 6.00. The Morgan fingerprint density at radius 2 is 1.90 bits per heavy atom. The molecule has 20 heavy (non-hydrogen) atoms. The fourth-order valence-electron chi connectivity index (χ4n) is 1.82. The summed E-state index contributed by atoms with van der Waals surface area (Å²) < 4.78 is 10.9. The third-order valence-corrected chi connectivity index (χ3v) is 3.46. The summed E-state index contributed by atoms with van der Waals surface area (Å²) >= 11 is 0. The molecule has 0 atom stereocenters. The van der Waals surface area contributed by atoms with E-state index in [-0.39, 0.29) is 0 Å². The van der Waals surface area contributed by atoms with E-state index in [9.17, 15) is 14.7 Å². The first kappa shape index (κ1) is 14.2. The molecular formula is C14H17NO5. The van der Waals surface area contributed by atoms with E-state index in [0.29, 0.717) is 30.3 Å². The van der Waals surface area contributed by atoms with Gasteiger partial charge in [0.15, 0.2) is 11.5 Å². The Bertz CT molecular complexity index is 552. The summed E-state index contributed by atoms with van der Waals surface area (Å²) in [5.41, 5.74) is -1.01. The largest absolute Gasteiger partial charge is 0.486 e. The molecule has 1 aliphatic rings. The second-order valence-electron chi connectivity index (χ2n) is 5.06. The van der Waals surface area contributed by atoms with Gasteiger partial charge in [0, 0.05) is 7.05 Å². The number of amides is 1. The van der Waals surface area contributed by atoms with Crippen LogP contribution in [0.15, 0.2) is 18.2 Å². The Hall–Kier alpha value is -2.24. The summed E-state index contributed by atoms with van der Waals surface area (Å²) in [4.78, 5) is 24.9. The van der Waals surface area contributed by atoms with Gasteiger partial charge in [0.2, 0.25) is 0 Å². The number of fused-ring (bicyclic) bond motifs is 1. The van der Waals surface area contributed by atoms with E-state index in [1.807, 2.05) is 0 Å². The lowest BCUT2D eigenvalue weighted by molar-refractivity contribution is -0.147. The van der Waals surface area contributed by atoms with Crippen molar-refractivity contribution in [2.75, 3.05) is 20.3 Å². The zero-order valence-electron chi connectivity index (χ0n) is 11.7. The molecule has 0 saturated heterocycles. The second kappa shape index (κ2) is 5.03. The third kappa shape index (κ3) is 2.29. The maximum Gasteiger partial charge on any atom is 0.329 e. The van der Waals surface area contributed by atoms with Gasteiger partial charge < -0.3 is 19.5 Å². The highest BCUT2D eigenvalue weighted by Gasteiger charge is 2.37. The second-order valence-corrected chi connectivity index (χ2v) is 5.06. The molecule has 1 aromatic carbocycles. The van der Waals surface area contributed by atoms with Crippen molar-refractivity contribution in [1.29, 1.82) is 0 Å². The number of carboxylic acids is 1. The molecule has 1 N–H and O–H groups in total. The molecule has 1 aromatic rings. The maximum atomic E-state index is 12.5. The van der Waals surface area contributed by atoms with Crippen LogP contribution in [0.25, 0.3) is 0 Å². The highest BCUT2D eigenvalue weighted by atomic mass is 16.6. The Morgan fingerprint density at radius 1 is 1.25 bits per heavy atom. The van der Waals surface area contributed by atoms with Crippen molar-refractivity contribution in [3.63, 3.8) is 0 Å². The average molecular weight is 279 g/mol. The van der Waals surface area contributed by atoms with Gasteiger partial charge in [-0.2, -0.15) is 0 Å². The number of para-hydroxylation sites is 1. The standard InChI is InChI=1S/C14H17NO5/c1-14(2,13(17)18)15(3)12(16)9-5-4-6-10-11(9)20-8-7-19-10/h4-6H,7-8H2,1-3H3,(H,17,18). The highest BCUT2D eigenvalue weighted by Crippen LogP contribution is 2.34. The van der Waals surface area contributed by atoms with Crippen LogP contribution in [0.4, 0.5) is 0 Å². The Morgan fingerprint density at radius 3 is 2.55 bits per heavy atom. The zero-order valence-corrected chi connectivity index (χ0v) is 11.7. The van der Waals surface area contributed by atoms with Gasteiger partial charge in [-0.25, -0.2) is 4.79 Å². The van der Waals surface area contributed by atoms with Gasteiger partial charge in [-0.05, 0) is 26.0 Å². The first-order valence-corrected chi connectivity index (χ1v) is 6.26. The fraction of sp³-hybridized carbons (Fsp3) is 0.429. The quantitative estimate of drug-likeness (QED) is 0.905. The Balaban J connectivity index is 2.37. The number of carbonyl (C=O) groups is 2. The van der Waals surface area contributed by atoms with Crippen molar-refractivity contribution in [1.82, 2.24) is 4.90 Å². The van der Waals surface area contributed by atoms with Crippen molar-refractivity contribution in [3.8, 4) is 11.5 Å². The molecule has 0 bridgehead atoms. The van der Waals surface area contributed by atoms with E-state index in [1.165, 1.54) is 25.8 Å². The topological polar surface area (TPSA) is 76.1 Å². The van der Waals surface area contributed by atoms with Gasteiger partial charge in [0.25, 0.3) is 5.91 Å². The molecule has 0 saturated carbocycles. The summed E-state index contributed by atoms with van der Waals surface area (Å²) in [7, 11) is 1.46. The molecular weight excluding hydrogens is 262 g/mol. The van der Waals surface area contributed by atoms with Crippen molar-refractivity contribution >= 4 is 11.9 Å². The fourth-order valence-corrected chi connectivity index (χ4v) is 1.82. The zero-order chi connectivity index (χ0) is 14.9. The molecule has 6 heteroatoms. The van der Waals surface area contributed by atoms with Gasteiger partial charge in [-0.1, -0.05) is 6.07 Å². The number of carboxylic acid groups (broad SMARTS) is 1. The van der Waals surface area contributed by atoms with E-state index < -0.39 is 17.4 Å². The Labute approximate surface area is 116 Å². The van der Waals surface area contributed by atoms with Crippen LogP contribution in [0.1, 0.15) is 24.2 Å². The summed E-state index contributed by atoms with van der Waals surface area (Å²) in [6.07, 6.45) is 0. The monoisotopic (exact) mass is 279 g/mol. The van der Waals surface area contributed by atoms with Gasteiger partial charge >= 0.3 is 5.97 Å². The number of aliphatic carboxylic acids is 1. The molecule has 1 aliphatic heterocycles. The predicted molar refractivity (Wildman–Crippen MR) is 71.2 cm³/mol. The summed E-state index contributed by atoms with van der Waals surface area (Å²) in [6.45, 7) is 3.74. The molecule has 0 unspecified atom stereocenters. The third-order valence-electron chi connectivity index (χ3n) is 3.46. The number of carbonyl (C=O) groups excluding carboxylic acids is 1. The van der Waals surface area contributed by atoms with E-state index >= 15 is 0 Å². The van der Waals surface area contributed by atoms with E-state index in [1.54, 1.807) is 18.2 Å². The minimum atomic E-state index is -1.31. The molecule has 108 valence electrons. The molecule has 6 nitrogen and oxygen atoms in total. The van der Waals surface area contributed by atoms with Crippen LogP contribution in [-0.4, -0.2) is 47.7 Å². The van der Waals surface area contributed by atoms with Gasteiger partial charge in [-0.15, -0.1) is 0 Å². The molecule has 0 radical (unpaired) electrons. The SMILES string of the molecule is CN(C(=O)c1cccc2c1OCCO2)C(C)(C)C(=O)O. The first-order chi connectivity index (χ1) is 9.35. The molecule has 2 rings (SSSR count). The summed E-state index contributed by atoms with van der Waals surface area (Å²) in [6, 6.07) is 5.00. The van der Waals surface area contributed by atoms with Crippen LogP contribution in [0.3, 0.4) is 0 Å². The van der Waals surface area contributed by atoms with Crippen LogP contribution in [0, 0.1) is 0 Å². The minimum absolute atomic E-state index is 0.305. The van der Waals surface area contributed by atoms with E-state index in [2.05, 4.69) is 0 Å². The van der Waals surface area contributed by atoms with Crippen LogP contribution >= 0.6 is 0 Å². The molecule has 1 amide bonds. The number of hydrogen-bond donors (Lipinski definition) is 1. The van der Waals surface area contributed by atoms with Crippen LogP contribution in [0.5, 0.6) is 11.5 Å². The molecule has 0 aliphatic carbocycles. The number of rotatable bonds is 3. The lowest BCUT2D eigenvalue weighted by atomic mass is 10.0. The summed E-state index contributed by atoms with van der Waals surface area (Å²) in [5, 5.41) is 9.20. The lowest BCUT2D eigenvalue weighted by Crippen LogP contribution is -2.50. The smallest absolute Gasteiger partial charge is 0.329 e. The van der Waals surface area contributed by atoms with Crippen LogP contribution in [0.2, 0.25) is 0 Å². The van der Waals surface area contributed by atoms with Gasteiger partial charge in [0.05, 0.1) is 5.56 Å². The predicted octanol–water partition coefficient (Wildman–Crippen LogP) is 1.39. The Kier molecular flexibility index (Phi) is 3.57. The van der Waals surface area contributed by atoms with Crippen LogP contribution < -0.4 is 9.47 Å². The first-order valence-electron chi connectivity index (χ1n) is 6.26. The number of benzene rings is 1. The number of hydrogen-bond acceptors (Lipinski definition) is 4. The van der Waals surface area contributed by atoms with Crippen LogP contribution in [-0.2, 0) is 4.79 Å². The molecule has 0 aromatic heterocycles. The summed E-state index contributed by atoms with van der Waals surface area (Å²) in [5.74, 6) is -0.615. The number of likely N-dealkylation sites (N-methyl/N-ethyl adjacent to an activating group) is 1. The van der Waals surface area contributed by atoms with Gasteiger partial charge in [0.1, 0.15) is 18.8 Å².